The predicted octanol–water partition coefficient (Wildman–Crippen LogP) is 4.34. The third-order valence-corrected chi connectivity index (χ3v) is 4.08. The molecular weight excluding hydrogens is 286 g/mol. The Balaban J connectivity index is 1.87. The van der Waals surface area contributed by atoms with Crippen molar-refractivity contribution in [2.75, 3.05) is 7.11 Å². The maximum Gasteiger partial charge on any atom is 0.143 e. The number of ether oxygens (including phenoxy) is 1. The van der Waals surface area contributed by atoms with Crippen LogP contribution in [-0.2, 0) is 0 Å². The summed E-state index contributed by atoms with van der Waals surface area (Å²) >= 11 is 0. The second-order valence-corrected chi connectivity index (χ2v) is 5.55. The van der Waals surface area contributed by atoms with Gasteiger partial charge < -0.3 is 14.3 Å². The summed E-state index contributed by atoms with van der Waals surface area (Å²) in [7, 11) is 1.70. The minimum Gasteiger partial charge on any atom is -0.495 e. The Bertz CT molecular complexity index is 981. The van der Waals surface area contributed by atoms with Crippen LogP contribution in [-0.4, -0.2) is 21.6 Å². The summed E-state index contributed by atoms with van der Waals surface area (Å²) in [5, 5.41) is 1.21. The molecule has 0 unspecified atom stereocenters. The summed E-state index contributed by atoms with van der Waals surface area (Å²) < 4.78 is 7.59. The van der Waals surface area contributed by atoms with Crippen LogP contribution in [0.2, 0.25) is 0 Å². The van der Waals surface area contributed by atoms with Crippen LogP contribution < -0.4 is 4.74 Å². The number of aromatic amines is 1. The Morgan fingerprint density at radius 3 is 2.83 bits per heavy atom. The lowest BCUT2D eigenvalue weighted by Crippen LogP contribution is -1.96. The molecule has 0 amide bonds. The number of H-pyrrole nitrogens is 1. The van der Waals surface area contributed by atoms with Gasteiger partial charge in [0.1, 0.15) is 5.75 Å². The van der Waals surface area contributed by atoms with Crippen LogP contribution >= 0.6 is 0 Å². The molecule has 0 radical (unpaired) electrons. The van der Waals surface area contributed by atoms with Crippen molar-refractivity contribution in [2.24, 2.45) is 0 Å². The molecule has 4 nitrogen and oxygen atoms in total. The summed E-state index contributed by atoms with van der Waals surface area (Å²) in [6.07, 6.45) is 5.76. The number of methoxy groups -OCH3 is 1. The van der Waals surface area contributed by atoms with Gasteiger partial charge in [0.2, 0.25) is 0 Å². The first-order valence-corrected chi connectivity index (χ1v) is 7.52. The number of nitrogens with zero attached hydrogens (tertiary/aromatic N) is 2. The fraction of sp³-hybridized carbons (Fsp3) is 0.105. The molecule has 2 aromatic carbocycles. The highest BCUT2D eigenvalue weighted by atomic mass is 16.5. The number of nitrogens with one attached hydrogen (secondary N) is 1. The first-order chi connectivity index (χ1) is 11.3. The molecule has 0 aliphatic carbocycles. The number of benzene rings is 2. The lowest BCUT2D eigenvalue weighted by atomic mass is 10.0. The SMILES string of the molecule is COc1cc(-c2cccc3[nH]ccc23)ccc1-n1cnc(C)c1. The van der Waals surface area contributed by atoms with E-state index in [4.69, 9.17) is 4.74 Å². The van der Waals surface area contributed by atoms with Gasteiger partial charge in [-0.1, -0.05) is 18.2 Å². The number of aryl methyl sites for hydroxylation is 1. The lowest BCUT2D eigenvalue weighted by Gasteiger charge is -2.12. The molecule has 2 aromatic heterocycles. The average molecular weight is 303 g/mol. The molecule has 2 heterocycles. The fourth-order valence-corrected chi connectivity index (χ4v) is 2.95. The maximum atomic E-state index is 5.61. The Morgan fingerprint density at radius 2 is 2.04 bits per heavy atom. The Morgan fingerprint density at radius 1 is 1.13 bits per heavy atom. The average Bonchev–Trinajstić information content (AvgIpc) is 3.22. The van der Waals surface area contributed by atoms with E-state index in [1.54, 1.807) is 13.4 Å². The van der Waals surface area contributed by atoms with Gasteiger partial charge in [-0.25, -0.2) is 4.98 Å². The van der Waals surface area contributed by atoms with Crippen LogP contribution in [0, 0.1) is 6.92 Å². The molecule has 0 bridgehead atoms. The molecule has 0 saturated heterocycles. The zero-order valence-corrected chi connectivity index (χ0v) is 13.1. The molecule has 4 rings (SSSR count). The molecule has 0 atom stereocenters. The first-order valence-electron chi connectivity index (χ1n) is 7.52. The van der Waals surface area contributed by atoms with Crippen molar-refractivity contribution in [1.29, 1.82) is 0 Å². The van der Waals surface area contributed by atoms with Gasteiger partial charge in [0.05, 0.1) is 24.8 Å². The van der Waals surface area contributed by atoms with Crippen LogP contribution in [0.25, 0.3) is 27.7 Å². The molecular formula is C19H17N3O. The number of imidazole rings is 1. The summed E-state index contributed by atoms with van der Waals surface area (Å²) in [6.45, 7) is 1.98. The van der Waals surface area contributed by atoms with Crippen molar-refractivity contribution >= 4 is 10.9 Å². The monoisotopic (exact) mass is 303 g/mol. The van der Waals surface area contributed by atoms with E-state index in [0.717, 1.165) is 28.2 Å². The van der Waals surface area contributed by atoms with Gasteiger partial charge >= 0.3 is 0 Å². The van der Waals surface area contributed by atoms with E-state index in [9.17, 15) is 0 Å². The molecule has 114 valence electrons. The molecule has 23 heavy (non-hydrogen) atoms. The summed E-state index contributed by atoms with van der Waals surface area (Å²) in [6, 6.07) is 14.6. The van der Waals surface area contributed by atoms with Crippen molar-refractivity contribution in [1.82, 2.24) is 14.5 Å². The topological polar surface area (TPSA) is 42.8 Å². The Labute approximate surface area is 134 Å². The minimum absolute atomic E-state index is 0.826. The second-order valence-electron chi connectivity index (χ2n) is 5.55. The molecule has 0 saturated carbocycles. The van der Waals surface area contributed by atoms with Crippen molar-refractivity contribution in [2.45, 2.75) is 6.92 Å². The number of hydrogen-bond acceptors (Lipinski definition) is 2. The van der Waals surface area contributed by atoms with Gasteiger partial charge in [-0.3, -0.25) is 0 Å². The molecule has 0 spiro atoms. The number of hydrogen-bond donors (Lipinski definition) is 1. The van der Waals surface area contributed by atoms with Crippen LogP contribution in [0.4, 0.5) is 0 Å². The van der Waals surface area contributed by atoms with Gasteiger partial charge in [0, 0.05) is 23.3 Å². The molecule has 1 N–H and O–H groups in total. The normalized spacial score (nSPS) is 11.0. The van der Waals surface area contributed by atoms with E-state index in [1.165, 1.54) is 10.9 Å². The summed E-state index contributed by atoms with van der Waals surface area (Å²) in [5.74, 6) is 0.826. The lowest BCUT2D eigenvalue weighted by molar-refractivity contribution is 0.413. The van der Waals surface area contributed by atoms with Crippen LogP contribution in [0.3, 0.4) is 0 Å². The van der Waals surface area contributed by atoms with Crippen molar-refractivity contribution in [3.8, 4) is 22.6 Å². The van der Waals surface area contributed by atoms with Crippen LogP contribution in [0.15, 0.2) is 61.2 Å². The molecule has 0 aliphatic rings. The van der Waals surface area contributed by atoms with E-state index in [0.29, 0.717) is 0 Å². The molecule has 0 aliphatic heterocycles. The van der Waals surface area contributed by atoms with Crippen molar-refractivity contribution < 1.29 is 4.74 Å². The number of rotatable bonds is 3. The third-order valence-electron chi connectivity index (χ3n) is 4.08. The Hall–Kier alpha value is -3.01. The highest BCUT2D eigenvalue weighted by Crippen LogP contribution is 2.33. The van der Waals surface area contributed by atoms with Gasteiger partial charge in [0.25, 0.3) is 0 Å². The first kappa shape index (κ1) is 13.6. The van der Waals surface area contributed by atoms with Gasteiger partial charge in [-0.05, 0) is 42.3 Å². The third kappa shape index (κ3) is 2.28. The van der Waals surface area contributed by atoms with Gasteiger partial charge in [-0.15, -0.1) is 0 Å². The zero-order valence-electron chi connectivity index (χ0n) is 13.1. The standard InChI is InChI=1S/C19H17N3O/c1-13-11-22(12-21-13)18-7-6-14(10-19(18)23-2)15-4-3-5-17-16(15)8-9-20-17/h3-12,20H,1-2H3. The summed E-state index contributed by atoms with van der Waals surface area (Å²) in [4.78, 5) is 7.54. The van der Waals surface area contributed by atoms with Gasteiger partial charge in [0.15, 0.2) is 0 Å². The van der Waals surface area contributed by atoms with Crippen LogP contribution in [0.5, 0.6) is 5.75 Å². The zero-order chi connectivity index (χ0) is 15.8. The van der Waals surface area contributed by atoms with Crippen molar-refractivity contribution in [3.63, 3.8) is 0 Å². The van der Waals surface area contributed by atoms with E-state index in [1.807, 2.05) is 23.9 Å². The molecule has 4 aromatic rings. The van der Waals surface area contributed by atoms with Gasteiger partial charge in [-0.2, -0.15) is 0 Å². The number of fused-ring (bicyclic) bond motifs is 1. The second kappa shape index (κ2) is 5.32. The van der Waals surface area contributed by atoms with E-state index >= 15 is 0 Å². The molecule has 0 fully saturated rings. The van der Waals surface area contributed by atoms with E-state index in [-0.39, 0.29) is 0 Å². The highest BCUT2D eigenvalue weighted by molar-refractivity contribution is 5.95. The van der Waals surface area contributed by atoms with E-state index in [2.05, 4.69) is 52.4 Å². The summed E-state index contributed by atoms with van der Waals surface area (Å²) in [5.41, 5.74) is 5.42. The molecule has 4 heteroatoms. The van der Waals surface area contributed by atoms with Crippen LogP contribution in [0.1, 0.15) is 5.69 Å². The highest BCUT2D eigenvalue weighted by Gasteiger charge is 2.10. The number of aromatic nitrogens is 3. The smallest absolute Gasteiger partial charge is 0.143 e. The predicted molar refractivity (Wildman–Crippen MR) is 92.1 cm³/mol. The quantitative estimate of drug-likeness (QED) is 0.612. The maximum absolute atomic E-state index is 5.61. The Kier molecular flexibility index (Phi) is 3.15. The minimum atomic E-state index is 0.826. The largest absolute Gasteiger partial charge is 0.495 e. The fourth-order valence-electron chi connectivity index (χ4n) is 2.95. The van der Waals surface area contributed by atoms with Crippen molar-refractivity contribution in [3.05, 3.63) is 66.9 Å². The van der Waals surface area contributed by atoms with E-state index < -0.39 is 0 Å².